The number of anilines is 2. The SMILES string of the molecule is COc1cc(C)c(NC(=O)CS(=O)(=O)Nc2ccc(OC(C)C)cc2)cc1OC. The summed E-state index contributed by atoms with van der Waals surface area (Å²) in [7, 11) is -0.904. The highest BCUT2D eigenvalue weighted by atomic mass is 32.2. The van der Waals surface area contributed by atoms with E-state index in [0.717, 1.165) is 0 Å². The molecule has 2 aromatic rings. The van der Waals surface area contributed by atoms with Gasteiger partial charge in [0.25, 0.3) is 0 Å². The molecule has 158 valence electrons. The van der Waals surface area contributed by atoms with Gasteiger partial charge in [0, 0.05) is 17.4 Å². The topological polar surface area (TPSA) is 103 Å². The molecule has 0 aliphatic carbocycles. The van der Waals surface area contributed by atoms with Gasteiger partial charge in [-0.05, 0) is 56.7 Å². The zero-order valence-corrected chi connectivity index (χ0v) is 17.9. The van der Waals surface area contributed by atoms with Crippen molar-refractivity contribution in [3.05, 3.63) is 42.0 Å². The first-order valence-electron chi connectivity index (χ1n) is 8.93. The van der Waals surface area contributed by atoms with Gasteiger partial charge in [-0.2, -0.15) is 0 Å². The first-order valence-corrected chi connectivity index (χ1v) is 10.6. The maximum Gasteiger partial charge on any atom is 0.241 e. The summed E-state index contributed by atoms with van der Waals surface area (Å²) in [6, 6.07) is 9.74. The molecule has 1 amide bonds. The Kier molecular flexibility index (Phi) is 7.33. The Hall–Kier alpha value is -2.94. The van der Waals surface area contributed by atoms with Crippen LogP contribution in [0.4, 0.5) is 11.4 Å². The van der Waals surface area contributed by atoms with Gasteiger partial charge in [0.2, 0.25) is 15.9 Å². The Bertz CT molecular complexity index is 956. The Labute approximate surface area is 171 Å². The number of nitrogens with one attached hydrogen (secondary N) is 2. The van der Waals surface area contributed by atoms with Crippen LogP contribution in [-0.2, 0) is 14.8 Å². The van der Waals surface area contributed by atoms with Gasteiger partial charge in [0.15, 0.2) is 11.5 Å². The summed E-state index contributed by atoms with van der Waals surface area (Å²) in [6.07, 6.45) is 0.0151. The minimum Gasteiger partial charge on any atom is -0.493 e. The van der Waals surface area contributed by atoms with Crippen molar-refractivity contribution in [3.63, 3.8) is 0 Å². The molecule has 0 aliphatic rings. The molecular weight excluding hydrogens is 396 g/mol. The van der Waals surface area contributed by atoms with E-state index in [1.165, 1.54) is 14.2 Å². The van der Waals surface area contributed by atoms with Crippen LogP contribution >= 0.6 is 0 Å². The van der Waals surface area contributed by atoms with Gasteiger partial charge in [-0.3, -0.25) is 9.52 Å². The summed E-state index contributed by atoms with van der Waals surface area (Å²) in [5.41, 5.74) is 1.50. The van der Waals surface area contributed by atoms with Crippen LogP contribution in [-0.4, -0.2) is 40.4 Å². The largest absolute Gasteiger partial charge is 0.493 e. The van der Waals surface area contributed by atoms with Crippen molar-refractivity contribution in [2.24, 2.45) is 0 Å². The molecule has 0 aliphatic heterocycles. The molecule has 0 aromatic heterocycles. The van der Waals surface area contributed by atoms with Crippen LogP contribution in [0.1, 0.15) is 19.4 Å². The molecule has 2 N–H and O–H groups in total. The predicted octanol–water partition coefficient (Wildman–Crippen LogP) is 3.18. The van der Waals surface area contributed by atoms with E-state index >= 15 is 0 Å². The molecule has 2 aromatic carbocycles. The number of carbonyl (C=O) groups is 1. The molecule has 0 radical (unpaired) electrons. The third kappa shape index (κ3) is 6.56. The molecule has 0 bridgehead atoms. The summed E-state index contributed by atoms with van der Waals surface area (Å²) < 4.78 is 43.0. The third-order valence-electron chi connectivity index (χ3n) is 3.83. The van der Waals surface area contributed by atoms with E-state index in [-0.39, 0.29) is 6.10 Å². The van der Waals surface area contributed by atoms with Crippen LogP contribution < -0.4 is 24.2 Å². The summed E-state index contributed by atoms with van der Waals surface area (Å²) in [6.45, 7) is 5.57. The average molecular weight is 423 g/mol. The van der Waals surface area contributed by atoms with Crippen molar-refractivity contribution in [2.75, 3.05) is 30.0 Å². The van der Waals surface area contributed by atoms with Crippen LogP contribution in [0.15, 0.2) is 36.4 Å². The number of amides is 1. The number of hydrogen-bond donors (Lipinski definition) is 2. The first kappa shape index (κ1) is 22.4. The molecule has 0 heterocycles. The van der Waals surface area contributed by atoms with E-state index in [0.29, 0.717) is 34.2 Å². The molecule has 0 saturated carbocycles. The van der Waals surface area contributed by atoms with Gasteiger partial charge < -0.3 is 19.5 Å². The van der Waals surface area contributed by atoms with Gasteiger partial charge in [-0.25, -0.2) is 8.42 Å². The Morgan fingerprint density at radius 3 is 2.17 bits per heavy atom. The molecule has 29 heavy (non-hydrogen) atoms. The highest BCUT2D eigenvalue weighted by molar-refractivity contribution is 7.93. The van der Waals surface area contributed by atoms with E-state index < -0.39 is 21.7 Å². The summed E-state index contributed by atoms with van der Waals surface area (Å²) >= 11 is 0. The van der Waals surface area contributed by atoms with E-state index in [1.54, 1.807) is 43.3 Å². The standard InChI is InChI=1S/C20H26N2O6S/c1-13(2)28-16-8-6-15(7-9-16)22-29(24,25)12-20(23)21-17-11-19(27-5)18(26-4)10-14(17)3/h6-11,13,22H,12H2,1-5H3,(H,21,23). The number of benzene rings is 2. The van der Waals surface area contributed by atoms with Crippen LogP contribution in [0, 0.1) is 6.92 Å². The highest BCUT2D eigenvalue weighted by Crippen LogP contribution is 2.32. The highest BCUT2D eigenvalue weighted by Gasteiger charge is 2.18. The lowest BCUT2D eigenvalue weighted by Crippen LogP contribution is -2.27. The zero-order chi connectivity index (χ0) is 21.6. The number of methoxy groups -OCH3 is 2. The lowest BCUT2D eigenvalue weighted by molar-refractivity contribution is -0.113. The van der Waals surface area contributed by atoms with Crippen molar-refractivity contribution in [1.29, 1.82) is 0 Å². The Balaban J connectivity index is 2.04. The number of carbonyl (C=O) groups excluding carboxylic acids is 1. The summed E-state index contributed by atoms with van der Waals surface area (Å²) in [5.74, 6) is 0.169. The lowest BCUT2D eigenvalue weighted by Gasteiger charge is -2.14. The molecule has 0 fully saturated rings. The Morgan fingerprint density at radius 1 is 1.03 bits per heavy atom. The van der Waals surface area contributed by atoms with Crippen LogP contribution in [0.3, 0.4) is 0 Å². The van der Waals surface area contributed by atoms with Crippen molar-refractivity contribution < 1.29 is 27.4 Å². The second kappa shape index (κ2) is 9.51. The maximum absolute atomic E-state index is 12.3. The molecule has 0 unspecified atom stereocenters. The molecular formula is C20H26N2O6S. The van der Waals surface area contributed by atoms with Gasteiger partial charge in [0.05, 0.1) is 20.3 Å². The third-order valence-corrected chi connectivity index (χ3v) is 5.01. The normalized spacial score (nSPS) is 11.1. The second-order valence-corrected chi connectivity index (χ2v) is 8.34. The fourth-order valence-electron chi connectivity index (χ4n) is 2.56. The van der Waals surface area contributed by atoms with E-state index in [9.17, 15) is 13.2 Å². The van der Waals surface area contributed by atoms with Crippen LogP contribution in [0.5, 0.6) is 17.2 Å². The molecule has 9 heteroatoms. The van der Waals surface area contributed by atoms with E-state index in [1.807, 2.05) is 13.8 Å². The van der Waals surface area contributed by atoms with Gasteiger partial charge in [-0.15, -0.1) is 0 Å². The van der Waals surface area contributed by atoms with E-state index in [2.05, 4.69) is 10.0 Å². The molecule has 2 rings (SSSR count). The van der Waals surface area contributed by atoms with Gasteiger partial charge in [0.1, 0.15) is 11.5 Å². The fourth-order valence-corrected chi connectivity index (χ4v) is 3.55. The summed E-state index contributed by atoms with van der Waals surface area (Å²) in [4.78, 5) is 12.3. The van der Waals surface area contributed by atoms with Crippen molar-refractivity contribution in [3.8, 4) is 17.2 Å². The molecule has 0 atom stereocenters. The monoisotopic (exact) mass is 422 g/mol. The van der Waals surface area contributed by atoms with Crippen molar-refractivity contribution >= 4 is 27.3 Å². The Morgan fingerprint density at radius 2 is 1.62 bits per heavy atom. The fraction of sp³-hybridized carbons (Fsp3) is 0.350. The van der Waals surface area contributed by atoms with Crippen molar-refractivity contribution in [1.82, 2.24) is 0 Å². The second-order valence-electron chi connectivity index (χ2n) is 6.62. The quantitative estimate of drug-likeness (QED) is 0.643. The smallest absolute Gasteiger partial charge is 0.241 e. The molecule has 8 nitrogen and oxygen atoms in total. The number of hydrogen-bond acceptors (Lipinski definition) is 6. The van der Waals surface area contributed by atoms with Crippen LogP contribution in [0.2, 0.25) is 0 Å². The molecule has 0 spiro atoms. The van der Waals surface area contributed by atoms with Crippen LogP contribution in [0.25, 0.3) is 0 Å². The molecule has 0 saturated heterocycles. The van der Waals surface area contributed by atoms with Crippen molar-refractivity contribution in [2.45, 2.75) is 26.9 Å². The summed E-state index contributed by atoms with van der Waals surface area (Å²) in [5, 5.41) is 2.60. The predicted molar refractivity (Wildman–Crippen MR) is 113 cm³/mol. The lowest BCUT2D eigenvalue weighted by atomic mass is 10.1. The number of aryl methyl sites for hydroxylation is 1. The minimum absolute atomic E-state index is 0.0151. The number of sulfonamides is 1. The average Bonchev–Trinajstić information content (AvgIpc) is 2.63. The van der Waals surface area contributed by atoms with Gasteiger partial charge in [-0.1, -0.05) is 0 Å². The van der Waals surface area contributed by atoms with E-state index in [4.69, 9.17) is 14.2 Å². The minimum atomic E-state index is -3.89. The maximum atomic E-state index is 12.3. The van der Waals surface area contributed by atoms with Gasteiger partial charge >= 0.3 is 0 Å². The number of rotatable bonds is 9. The number of ether oxygens (including phenoxy) is 3. The zero-order valence-electron chi connectivity index (χ0n) is 17.1. The first-order chi connectivity index (χ1) is 13.6.